The van der Waals surface area contributed by atoms with Crippen LogP contribution < -0.4 is 0 Å². The van der Waals surface area contributed by atoms with Crippen molar-refractivity contribution in [3.8, 4) is 22.8 Å². The van der Waals surface area contributed by atoms with Gasteiger partial charge in [-0.25, -0.2) is 4.98 Å². The van der Waals surface area contributed by atoms with Crippen molar-refractivity contribution in [1.82, 2.24) is 15.2 Å². The number of aromatic nitrogens is 3. The van der Waals surface area contributed by atoms with Gasteiger partial charge < -0.3 is 0 Å². The molecule has 0 aliphatic carbocycles. The van der Waals surface area contributed by atoms with E-state index in [1.807, 2.05) is 31.2 Å². The van der Waals surface area contributed by atoms with E-state index in [4.69, 9.17) is 0 Å². The molecule has 1 N–H and O–H groups in total. The lowest BCUT2D eigenvalue weighted by molar-refractivity contribution is -0.385. The zero-order valence-electron chi connectivity index (χ0n) is 12.2. The van der Waals surface area contributed by atoms with E-state index in [1.54, 1.807) is 19.1 Å². The molecule has 2 aromatic carbocycles. The normalized spacial score (nSPS) is 10.6. The summed E-state index contributed by atoms with van der Waals surface area (Å²) in [5, 5.41) is 18.0. The lowest BCUT2D eigenvalue weighted by Crippen LogP contribution is -1.92. The van der Waals surface area contributed by atoms with Gasteiger partial charge in [0.1, 0.15) is 0 Å². The molecule has 0 aliphatic heterocycles. The zero-order valence-corrected chi connectivity index (χ0v) is 12.2. The van der Waals surface area contributed by atoms with Crippen molar-refractivity contribution in [2.45, 2.75) is 13.8 Å². The standard InChI is InChI=1S/C16H14N4O2/c1-10-3-5-12(6-4-10)15-17-16(19-18-15)13-7-8-14(20(21)22)11(2)9-13/h3-9H,1-2H3,(H,17,18,19). The average Bonchev–Trinajstić information content (AvgIpc) is 2.97. The second-order valence-corrected chi connectivity index (χ2v) is 5.13. The Bertz CT molecular complexity index is 838. The minimum atomic E-state index is -0.394. The molecule has 0 unspecified atom stereocenters. The van der Waals surface area contributed by atoms with Gasteiger partial charge >= 0.3 is 0 Å². The third-order valence-electron chi connectivity index (χ3n) is 3.46. The van der Waals surface area contributed by atoms with E-state index in [0.717, 1.165) is 11.1 Å². The van der Waals surface area contributed by atoms with Gasteiger partial charge in [-0.05, 0) is 26.0 Å². The molecular weight excluding hydrogens is 280 g/mol. The number of aryl methyl sites for hydroxylation is 2. The van der Waals surface area contributed by atoms with Crippen LogP contribution in [0.4, 0.5) is 5.69 Å². The molecule has 22 heavy (non-hydrogen) atoms. The van der Waals surface area contributed by atoms with Crippen molar-refractivity contribution in [1.29, 1.82) is 0 Å². The number of H-pyrrole nitrogens is 1. The lowest BCUT2D eigenvalue weighted by Gasteiger charge is -1.99. The highest BCUT2D eigenvalue weighted by Gasteiger charge is 2.13. The summed E-state index contributed by atoms with van der Waals surface area (Å²) < 4.78 is 0. The Labute approximate surface area is 127 Å². The molecule has 1 heterocycles. The summed E-state index contributed by atoms with van der Waals surface area (Å²) >= 11 is 0. The number of nitrogens with zero attached hydrogens (tertiary/aromatic N) is 3. The predicted octanol–water partition coefficient (Wildman–Crippen LogP) is 3.66. The maximum Gasteiger partial charge on any atom is 0.272 e. The van der Waals surface area contributed by atoms with E-state index in [2.05, 4.69) is 15.2 Å². The summed E-state index contributed by atoms with van der Waals surface area (Å²) in [6.45, 7) is 3.73. The number of rotatable bonds is 3. The smallest absolute Gasteiger partial charge is 0.259 e. The summed E-state index contributed by atoms with van der Waals surface area (Å²) in [6, 6.07) is 12.8. The highest BCUT2D eigenvalue weighted by atomic mass is 16.6. The summed E-state index contributed by atoms with van der Waals surface area (Å²) in [6.07, 6.45) is 0. The Morgan fingerprint density at radius 2 is 1.73 bits per heavy atom. The SMILES string of the molecule is Cc1ccc(-c2nc(-c3ccc([N+](=O)[O-])c(C)c3)n[nH]2)cc1. The highest BCUT2D eigenvalue weighted by molar-refractivity contribution is 5.63. The Hall–Kier alpha value is -3.02. The van der Waals surface area contributed by atoms with E-state index in [-0.39, 0.29) is 5.69 Å². The van der Waals surface area contributed by atoms with Crippen molar-refractivity contribution >= 4 is 5.69 Å². The van der Waals surface area contributed by atoms with Gasteiger partial charge in [-0.3, -0.25) is 15.2 Å². The van der Waals surface area contributed by atoms with Crippen molar-refractivity contribution in [2.75, 3.05) is 0 Å². The molecule has 0 spiro atoms. The topological polar surface area (TPSA) is 84.7 Å². The number of aromatic amines is 1. The van der Waals surface area contributed by atoms with Crippen LogP contribution in [0.5, 0.6) is 0 Å². The molecule has 0 aliphatic rings. The molecule has 6 heteroatoms. The molecular formula is C16H14N4O2. The van der Waals surface area contributed by atoms with Crippen LogP contribution in [-0.2, 0) is 0 Å². The first kappa shape index (κ1) is 13.9. The fourth-order valence-corrected chi connectivity index (χ4v) is 2.23. The molecule has 110 valence electrons. The number of nitrogens with one attached hydrogen (secondary N) is 1. The Balaban J connectivity index is 1.95. The monoisotopic (exact) mass is 294 g/mol. The maximum atomic E-state index is 10.9. The second-order valence-electron chi connectivity index (χ2n) is 5.13. The molecule has 0 bridgehead atoms. The second kappa shape index (κ2) is 5.40. The summed E-state index contributed by atoms with van der Waals surface area (Å²) in [5.41, 5.74) is 3.55. The van der Waals surface area contributed by atoms with Crippen LogP contribution in [0.3, 0.4) is 0 Å². The van der Waals surface area contributed by atoms with Gasteiger partial charge in [0, 0.05) is 22.8 Å². The Morgan fingerprint density at radius 1 is 1.05 bits per heavy atom. The number of hydrogen-bond donors (Lipinski definition) is 1. The van der Waals surface area contributed by atoms with Gasteiger partial charge in [-0.2, -0.15) is 5.10 Å². The molecule has 0 fully saturated rings. The van der Waals surface area contributed by atoms with Crippen LogP contribution >= 0.6 is 0 Å². The molecule has 0 radical (unpaired) electrons. The summed E-state index contributed by atoms with van der Waals surface area (Å²) in [4.78, 5) is 14.9. The maximum absolute atomic E-state index is 10.9. The predicted molar refractivity (Wildman–Crippen MR) is 83.4 cm³/mol. The largest absolute Gasteiger partial charge is 0.272 e. The highest BCUT2D eigenvalue weighted by Crippen LogP contribution is 2.25. The van der Waals surface area contributed by atoms with E-state index in [9.17, 15) is 10.1 Å². The van der Waals surface area contributed by atoms with E-state index in [0.29, 0.717) is 17.2 Å². The van der Waals surface area contributed by atoms with E-state index >= 15 is 0 Å². The third kappa shape index (κ3) is 2.58. The Morgan fingerprint density at radius 3 is 2.36 bits per heavy atom. The minimum Gasteiger partial charge on any atom is -0.259 e. The molecule has 3 aromatic rings. The fourth-order valence-electron chi connectivity index (χ4n) is 2.23. The van der Waals surface area contributed by atoms with Crippen LogP contribution in [0, 0.1) is 24.0 Å². The van der Waals surface area contributed by atoms with Crippen LogP contribution in [0.25, 0.3) is 22.8 Å². The van der Waals surface area contributed by atoms with Crippen LogP contribution in [-0.4, -0.2) is 20.1 Å². The zero-order chi connectivity index (χ0) is 15.7. The first-order valence-corrected chi connectivity index (χ1v) is 6.79. The van der Waals surface area contributed by atoms with E-state index in [1.165, 1.54) is 11.6 Å². The van der Waals surface area contributed by atoms with Crippen LogP contribution in [0.2, 0.25) is 0 Å². The minimum absolute atomic E-state index is 0.0954. The summed E-state index contributed by atoms with van der Waals surface area (Å²) in [5.74, 6) is 1.19. The van der Waals surface area contributed by atoms with Gasteiger partial charge in [0.05, 0.1) is 4.92 Å². The fraction of sp³-hybridized carbons (Fsp3) is 0.125. The molecule has 3 rings (SSSR count). The van der Waals surface area contributed by atoms with Gasteiger partial charge in [-0.15, -0.1) is 0 Å². The number of hydrogen-bond acceptors (Lipinski definition) is 4. The van der Waals surface area contributed by atoms with Gasteiger partial charge in [0.2, 0.25) is 0 Å². The van der Waals surface area contributed by atoms with Gasteiger partial charge in [0.25, 0.3) is 5.69 Å². The average molecular weight is 294 g/mol. The molecule has 0 amide bonds. The molecule has 0 saturated carbocycles. The van der Waals surface area contributed by atoms with Gasteiger partial charge in [-0.1, -0.05) is 29.8 Å². The quantitative estimate of drug-likeness (QED) is 0.590. The van der Waals surface area contributed by atoms with Crippen molar-refractivity contribution in [3.63, 3.8) is 0 Å². The molecule has 1 aromatic heterocycles. The van der Waals surface area contributed by atoms with Gasteiger partial charge in [0.15, 0.2) is 11.6 Å². The van der Waals surface area contributed by atoms with Crippen molar-refractivity contribution in [2.24, 2.45) is 0 Å². The Kier molecular flexibility index (Phi) is 3.42. The first-order valence-electron chi connectivity index (χ1n) is 6.79. The molecule has 6 nitrogen and oxygen atoms in total. The van der Waals surface area contributed by atoms with Crippen LogP contribution in [0.15, 0.2) is 42.5 Å². The summed E-state index contributed by atoms with van der Waals surface area (Å²) in [7, 11) is 0. The molecule has 0 saturated heterocycles. The number of nitro benzene ring substituents is 1. The van der Waals surface area contributed by atoms with Crippen molar-refractivity contribution < 1.29 is 4.92 Å². The molecule has 0 atom stereocenters. The lowest BCUT2D eigenvalue weighted by atomic mass is 10.1. The van der Waals surface area contributed by atoms with Crippen LogP contribution in [0.1, 0.15) is 11.1 Å². The third-order valence-corrected chi connectivity index (χ3v) is 3.46. The van der Waals surface area contributed by atoms with E-state index < -0.39 is 4.92 Å². The number of nitro groups is 1. The number of benzene rings is 2. The first-order chi connectivity index (χ1) is 10.5. The van der Waals surface area contributed by atoms with Crippen molar-refractivity contribution in [3.05, 3.63) is 63.7 Å².